The maximum Gasteiger partial charge on any atom is 0.299 e. The Morgan fingerprint density at radius 2 is 2.04 bits per heavy atom. The van der Waals surface area contributed by atoms with E-state index in [1.165, 1.54) is 18.3 Å². The van der Waals surface area contributed by atoms with Crippen molar-refractivity contribution in [3.63, 3.8) is 0 Å². The minimum absolute atomic E-state index is 0.153. The third kappa shape index (κ3) is 3.30. The average molecular weight is 378 g/mol. The van der Waals surface area contributed by atoms with E-state index in [0.29, 0.717) is 17.3 Å². The summed E-state index contributed by atoms with van der Waals surface area (Å²) in [5.74, 6) is 0.0625. The van der Waals surface area contributed by atoms with E-state index < -0.39 is 0 Å². The van der Waals surface area contributed by atoms with Gasteiger partial charge >= 0.3 is 0 Å². The van der Waals surface area contributed by atoms with Gasteiger partial charge in [0, 0.05) is 23.6 Å². The Bertz CT molecular complexity index is 1130. The van der Waals surface area contributed by atoms with E-state index in [9.17, 15) is 9.59 Å². The number of anilines is 1. The van der Waals surface area contributed by atoms with Crippen LogP contribution in [0.5, 0.6) is 5.88 Å². The molecule has 0 fully saturated rings. The van der Waals surface area contributed by atoms with Crippen LogP contribution >= 0.6 is 11.3 Å². The summed E-state index contributed by atoms with van der Waals surface area (Å²) in [6.45, 7) is 1.80. The summed E-state index contributed by atoms with van der Waals surface area (Å²) in [6.07, 6.45) is 0. The number of thiazole rings is 1. The number of rotatable bonds is 5. The van der Waals surface area contributed by atoms with E-state index in [0.717, 1.165) is 22.2 Å². The van der Waals surface area contributed by atoms with Gasteiger partial charge in [-0.25, -0.2) is 4.68 Å². The number of aromatic nitrogens is 3. The minimum Gasteiger partial charge on any atom is -0.409 e. The van der Waals surface area contributed by atoms with Crippen molar-refractivity contribution in [1.29, 1.82) is 0 Å². The molecule has 0 unspecified atom stereocenters. The molecule has 0 aliphatic heterocycles. The number of carbonyl (C=O) groups excluding carboxylic acids is 2. The monoisotopic (exact) mass is 378 g/mol. The van der Waals surface area contributed by atoms with Crippen LogP contribution in [0.15, 0.2) is 53.9 Å². The average Bonchev–Trinajstić information content (AvgIpc) is 3.26. The van der Waals surface area contributed by atoms with Gasteiger partial charge in [-0.3, -0.25) is 9.59 Å². The van der Waals surface area contributed by atoms with Gasteiger partial charge in [-0.05, 0) is 18.2 Å². The van der Waals surface area contributed by atoms with Crippen molar-refractivity contribution in [2.24, 2.45) is 0 Å². The summed E-state index contributed by atoms with van der Waals surface area (Å²) in [7, 11) is 0. The number of nitrogens with zero attached hydrogens (tertiary/aromatic N) is 3. The zero-order valence-electron chi connectivity index (χ0n) is 14.2. The summed E-state index contributed by atoms with van der Waals surface area (Å²) in [6, 6.07) is 15.4. The summed E-state index contributed by atoms with van der Waals surface area (Å²) in [5.41, 5.74) is 3.21. The van der Waals surface area contributed by atoms with Crippen molar-refractivity contribution in [3.8, 4) is 22.3 Å². The minimum atomic E-state index is -0.153. The molecule has 0 atom stereocenters. The molecule has 8 heteroatoms. The zero-order valence-corrected chi connectivity index (χ0v) is 15.1. The standard InChI is InChI=1S/C19H14N4O3S/c1-12(25)20-14-7-8-15-16(9-14)23(19-21-17(10-27-19)26-11-24)22-18(15)13-5-3-2-4-6-13/h2-11H,1H3,(H,20,25). The van der Waals surface area contributed by atoms with Crippen LogP contribution in [0.4, 0.5) is 5.69 Å². The fourth-order valence-electron chi connectivity index (χ4n) is 2.80. The molecule has 0 bridgehead atoms. The number of hydrogen-bond acceptors (Lipinski definition) is 6. The first-order chi connectivity index (χ1) is 13.2. The lowest BCUT2D eigenvalue weighted by Crippen LogP contribution is -2.05. The molecule has 0 aliphatic carbocycles. The molecule has 1 amide bonds. The van der Waals surface area contributed by atoms with Crippen LogP contribution in [0.25, 0.3) is 27.3 Å². The highest BCUT2D eigenvalue weighted by Gasteiger charge is 2.17. The predicted octanol–water partition coefficient (Wildman–Crippen LogP) is 3.64. The molecule has 2 aromatic carbocycles. The van der Waals surface area contributed by atoms with Gasteiger partial charge in [0.1, 0.15) is 5.69 Å². The van der Waals surface area contributed by atoms with Crippen LogP contribution in [0, 0.1) is 0 Å². The second kappa shape index (κ2) is 7.00. The van der Waals surface area contributed by atoms with Crippen molar-refractivity contribution in [2.75, 3.05) is 5.32 Å². The highest BCUT2D eigenvalue weighted by atomic mass is 32.1. The van der Waals surface area contributed by atoms with Crippen molar-refractivity contribution in [2.45, 2.75) is 6.92 Å². The lowest BCUT2D eigenvalue weighted by Gasteiger charge is -2.03. The van der Waals surface area contributed by atoms with Gasteiger partial charge in [0.25, 0.3) is 6.47 Å². The summed E-state index contributed by atoms with van der Waals surface area (Å²) >= 11 is 1.30. The Morgan fingerprint density at radius 3 is 2.78 bits per heavy atom. The van der Waals surface area contributed by atoms with Crippen LogP contribution in [-0.2, 0) is 9.59 Å². The van der Waals surface area contributed by atoms with Crippen LogP contribution in [-0.4, -0.2) is 27.1 Å². The number of nitrogens with one attached hydrogen (secondary N) is 1. The molecular weight excluding hydrogens is 364 g/mol. The number of ether oxygens (including phenoxy) is 1. The van der Waals surface area contributed by atoms with Gasteiger partial charge in [-0.1, -0.05) is 41.7 Å². The van der Waals surface area contributed by atoms with E-state index in [4.69, 9.17) is 9.84 Å². The van der Waals surface area contributed by atoms with Crippen molar-refractivity contribution >= 4 is 40.3 Å². The lowest BCUT2D eigenvalue weighted by atomic mass is 10.1. The molecule has 0 saturated heterocycles. The van der Waals surface area contributed by atoms with Crippen molar-refractivity contribution < 1.29 is 14.3 Å². The molecule has 2 aromatic heterocycles. The van der Waals surface area contributed by atoms with Crippen LogP contribution in [0.1, 0.15) is 6.92 Å². The van der Waals surface area contributed by atoms with Gasteiger partial charge in [0.2, 0.25) is 16.9 Å². The third-order valence-corrected chi connectivity index (χ3v) is 4.66. The molecule has 2 heterocycles. The zero-order chi connectivity index (χ0) is 18.8. The number of benzene rings is 2. The van der Waals surface area contributed by atoms with Gasteiger partial charge in [0.05, 0.1) is 10.9 Å². The molecule has 0 radical (unpaired) electrons. The molecule has 0 saturated carbocycles. The lowest BCUT2D eigenvalue weighted by molar-refractivity contribution is -0.121. The first-order valence-electron chi connectivity index (χ1n) is 8.07. The largest absolute Gasteiger partial charge is 0.409 e. The number of amides is 1. The normalized spacial score (nSPS) is 10.7. The molecule has 134 valence electrons. The summed E-state index contributed by atoms with van der Waals surface area (Å²) in [4.78, 5) is 26.3. The smallest absolute Gasteiger partial charge is 0.299 e. The van der Waals surface area contributed by atoms with Gasteiger partial charge in [-0.2, -0.15) is 10.1 Å². The Balaban J connectivity index is 1.92. The first-order valence-corrected chi connectivity index (χ1v) is 8.95. The van der Waals surface area contributed by atoms with Crippen LogP contribution < -0.4 is 10.1 Å². The Labute approximate surface area is 158 Å². The highest BCUT2D eigenvalue weighted by molar-refractivity contribution is 7.12. The Kier molecular flexibility index (Phi) is 4.39. The van der Waals surface area contributed by atoms with Gasteiger partial charge in [0.15, 0.2) is 0 Å². The fourth-order valence-corrected chi connectivity index (χ4v) is 3.50. The summed E-state index contributed by atoms with van der Waals surface area (Å²) < 4.78 is 6.49. The topological polar surface area (TPSA) is 86.1 Å². The Hall–Kier alpha value is -3.52. The molecular formula is C19H14N4O3S. The quantitative estimate of drug-likeness (QED) is 0.536. The SMILES string of the molecule is CC(=O)Nc1ccc2c(-c3ccccc3)nn(-c3nc(OC=O)cs3)c2c1. The van der Waals surface area contributed by atoms with Gasteiger partial charge in [-0.15, -0.1) is 0 Å². The van der Waals surface area contributed by atoms with E-state index in [1.807, 2.05) is 48.5 Å². The van der Waals surface area contributed by atoms with E-state index >= 15 is 0 Å². The fraction of sp³-hybridized carbons (Fsp3) is 0.0526. The molecule has 7 nitrogen and oxygen atoms in total. The molecule has 0 spiro atoms. The first kappa shape index (κ1) is 16.9. The second-order valence-electron chi connectivity index (χ2n) is 5.72. The Morgan fingerprint density at radius 1 is 1.22 bits per heavy atom. The van der Waals surface area contributed by atoms with Crippen LogP contribution in [0.3, 0.4) is 0 Å². The number of fused-ring (bicyclic) bond motifs is 1. The van der Waals surface area contributed by atoms with Gasteiger partial charge < -0.3 is 10.1 Å². The summed E-state index contributed by atoms with van der Waals surface area (Å²) in [5, 5.41) is 10.6. The molecule has 27 heavy (non-hydrogen) atoms. The molecule has 4 aromatic rings. The molecule has 0 aliphatic rings. The third-order valence-electron chi connectivity index (χ3n) is 3.87. The van der Waals surface area contributed by atoms with Crippen LogP contribution in [0.2, 0.25) is 0 Å². The predicted molar refractivity (Wildman–Crippen MR) is 103 cm³/mol. The van der Waals surface area contributed by atoms with Crippen molar-refractivity contribution in [3.05, 3.63) is 53.9 Å². The van der Waals surface area contributed by atoms with E-state index in [-0.39, 0.29) is 11.8 Å². The molecule has 4 rings (SSSR count). The maximum atomic E-state index is 11.4. The number of hydrogen-bond donors (Lipinski definition) is 1. The number of carbonyl (C=O) groups is 2. The maximum absolute atomic E-state index is 11.4. The molecule has 1 N–H and O–H groups in total. The van der Waals surface area contributed by atoms with Crippen molar-refractivity contribution in [1.82, 2.24) is 14.8 Å². The highest BCUT2D eigenvalue weighted by Crippen LogP contribution is 2.33. The van der Waals surface area contributed by atoms with E-state index in [1.54, 1.807) is 10.1 Å². The second-order valence-corrected chi connectivity index (χ2v) is 6.56. The van der Waals surface area contributed by atoms with E-state index in [2.05, 4.69) is 10.3 Å².